The van der Waals surface area contributed by atoms with Crippen LogP contribution in [0.5, 0.6) is 0 Å². The summed E-state index contributed by atoms with van der Waals surface area (Å²) in [6.07, 6.45) is 0.745. The molecule has 0 fully saturated rings. The third-order valence-electron chi connectivity index (χ3n) is 3.10. The van der Waals surface area contributed by atoms with E-state index in [1.807, 2.05) is 13.8 Å². The van der Waals surface area contributed by atoms with E-state index < -0.39 is 5.60 Å². The summed E-state index contributed by atoms with van der Waals surface area (Å²) in [5, 5.41) is 3.94. The molecule has 0 saturated heterocycles. The van der Waals surface area contributed by atoms with E-state index in [4.69, 9.17) is 19.4 Å². The van der Waals surface area contributed by atoms with Crippen molar-refractivity contribution in [3.05, 3.63) is 23.7 Å². The third kappa shape index (κ3) is 2.16. The number of nitrogens with two attached hydrogens (primary N) is 1. The van der Waals surface area contributed by atoms with Crippen LogP contribution in [0.2, 0.25) is 0 Å². The lowest BCUT2D eigenvalue weighted by molar-refractivity contribution is -0.0106. The maximum absolute atomic E-state index is 5.48. The van der Waals surface area contributed by atoms with Crippen molar-refractivity contribution in [1.82, 2.24) is 10.1 Å². The Labute approximate surface area is 105 Å². The van der Waals surface area contributed by atoms with Crippen LogP contribution in [0, 0.1) is 0 Å². The van der Waals surface area contributed by atoms with Gasteiger partial charge in [0, 0.05) is 7.11 Å². The van der Waals surface area contributed by atoms with Gasteiger partial charge >= 0.3 is 0 Å². The van der Waals surface area contributed by atoms with Gasteiger partial charge < -0.3 is 19.4 Å². The smallest absolute Gasteiger partial charge is 0.293 e. The van der Waals surface area contributed by atoms with Gasteiger partial charge in [-0.05, 0) is 25.5 Å². The monoisotopic (exact) mass is 251 g/mol. The largest absolute Gasteiger partial charge is 0.455 e. The number of hydrogen-bond donors (Lipinski definition) is 1. The van der Waals surface area contributed by atoms with E-state index in [2.05, 4.69) is 10.1 Å². The Bertz CT molecular complexity index is 514. The fourth-order valence-corrected chi connectivity index (χ4v) is 1.53. The Balaban J connectivity index is 2.30. The van der Waals surface area contributed by atoms with Crippen molar-refractivity contribution in [1.29, 1.82) is 0 Å². The Morgan fingerprint density at radius 3 is 2.78 bits per heavy atom. The maximum Gasteiger partial charge on any atom is 0.293 e. The standard InChI is InChI=1S/C12H17N3O3/c1-4-12(2,16-3)11-14-10(18-15-11)9-6-5-8(7-13)17-9/h5-6H,4,7,13H2,1-3H3. The van der Waals surface area contributed by atoms with Gasteiger partial charge in [-0.3, -0.25) is 0 Å². The lowest BCUT2D eigenvalue weighted by atomic mass is 10.0. The first-order chi connectivity index (χ1) is 8.62. The summed E-state index contributed by atoms with van der Waals surface area (Å²) < 4.78 is 16.0. The molecule has 98 valence electrons. The fraction of sp³-hybridized carbons (Fsp3) is 0.500. The first-order valence-electron chi connectivity index (χ1n) is 5.81. The Morgan fingerprint density at radius 2 is 2.22 bits per heavy atom. The third-order valence-corrected chi connectivity index (χ3v) is 3.10. The second kappa shape index (κ2) is 4.91. The molecule has 2 N–H and O–H groups in total. The van der Waals surface area contributed by atoms with Crippen LogP contribution in [-0.4, -0.2) is 17.3 Å². The van der Waals surface area contributed by atoms with Gasteiger partial charge in [-0.25, -0.2) is 0 Å². The van der Waals surface area contributed by atoms with Crippen molar-refractivity contribution in [2.75, 3.05) is 7.11 Å². The molecule has 0 aromatic carbocycles. The van der Waals surface area contributed by atoms with Crippen LogP contribution in [0.25, 0.3) is 11.7 Å². The number of aromatic nitrogens is 2. The van der Waals surface area contributed by atoms with Crippen LogP contribution in [0.3, 0.4) is 0 Å². The number of hydrogen-bond acceptors (Lipinski definition) is 6. The van der Waals surface area contributed by atoms with Crippen molar-refractivity contribution in [2.24, 2.45) is 5.73 Å². The number of methoxy groups -OCH3 is 1. The zero-order chi connectivity index (χ0) is 13.2. The van der Waals surface area contributed by atoms with E-state index in [0.717, 1.165) is 6.42 Å². The van der Waals surface area contributed by atoms with Crippen LogP contribution < -0.4 is 5.73 Å². The van der Waals surface area contributed by atoms with Gasteiger partial charge in [0.1, 0.15) is 11.4 Å². The molecular formula is C12H17N3O3. The Morgan fingerprint density at radius 1 is 1.44 bits per heavy atom. The van der Waals surface area contributed by atoms with Gasteiger partial charge in [-0.15, -0.1) is 0 Å². The molecule has 0 aliphatic carbocycles. The summed E-state index contributed by atoms with van der Waals surface area (Å²) in [6.45, 7) is 4.25. The topological polar surface area (TPSA) is 87.3 Å². The van der Waals surface area contributed by atoms with Gasteiger partial charge in [-0.2, -0.15) is 4.98 Å². The molecular weight excluding hydrogens is 234 g/mol. The van der Waals surface area contributed by atoms with Crippen molar-refractivity contribution >= 4 is 0 Å². The lowest BCUT2D eigenvalue weighted by Crippen LogP contribution is -2.24. The summed E-state index contributed by atoms with van der Waals surface area (Å²) >= 11 is 0. The van der Waals surface area contributed by atoms with Crippen molar-refractivity contribution in [2.45, 2.75) is 32.4 Å². The second-order valence-electron chi connectivity index (χ2n) is 4.18. The van der Waals surface area contributed by atoms with Crippen LogP contribution >= 0.6 is 0 Å². The normalized spacial score (nSPS) is 14.7. The summed E-state index contributed by atoms with van der Waals surface area (Å²) in [5.41, 5.74) is 4.93. The average molecular weight is 251 g/mol. The molecule has 18 heavy (non-hydrogen) atoms. The molecule has 0 aliphatic heterocycles. The fourth-order valence-electron chi connectivity index (χ4n) is 1.53. The maximum atomic E-state index is 5.48. The molecule has 2 aromatic rings. The molecule has 2 rings (SSSR count). The van der Waals surface area contributed by atoms with E-state index in [-0.39, 0.29) is 0 Å². The molecule has 2 heterocycles. The molecule has 0 bridgehead atoms. The van der Waals surface area contributed by atoms with Gasteiger partial charge in [-0.1, -0.05) is 12.1 Å². The van der Waals surface area contributed by atoms with Crippen LogP contribution in [0.1, 0.15) is 31.9 Å². The molecule has 0 aliphatic rings. The van der Waals surface area contributed by atoms with Gasteiger partial charge in [0.05, 0.1) is 6.54 Å². The van der Waals surface area contributed by atoms with E-state index in [1.54, 1.807) is 19.2 Å². The molecule has 1 unspecified atom stereocenters. The zero-order valence-electron chi connectivity index (χ0n) is 10.8. The average Bonchev–Trinajstić information content (AvgIpc) is 3.05. The van der Waals surface area contributed by atoms with E-state index in [1.165, 1.54) is 0 Å². The van der Waals surface area contributed by atoms with Gasteiger partial charge in [0.25, 0.3) is 5.89 Å². The first-order valence-corrected chi connectivity index (χ1v) is 5.81. The van der Waals surface area contributed by atoms with E-state index >= 15 is 0 Å². The SMILES string of the molecule is CCC(C)(OC)c1noc(-c2ccc(CN)o2)n1. The predicted molar refractivity (Wildman–Crippen MR) is 64.5 cm³/mol. The van der Waals surface area contributed by atoms with Crippen molar-refractivity contribution < 1.29 is 13.7 Å². The van der Waals surface area contributed by atoms with Crippen LogP contribution in [0.4, 0.5) is 0 Å². The Kier molecular flexibility index (Phi) is 3.49. The zero-order valence-corrected chi connectivity index (χ0v) is 10.8. The van der Waals surface area contributed by atoms with Gasteiger partial charge in [0.2, 0.25) is 5.82 Å². The first kappa shape index (κ1) is 12.8. The highest BCUT2D eigenvalue weighted by molar-refractivity contribution is 5.44. The lowest BCUT2D eigenvalue weighted by Gasteiger charge is -2.21. The molecule has 6 nitrogen and oxygen atoms in total. The van der Waals surface area contributed by atoms with Crippen molar-refractivity contribution in [3.63, 3.8) is 0 Å². The molecule has 0 saturated carbocycles. The van der Waals surface area contributed by atoms with Gasteiger partial charge in [0.15, 0.2) is 5.76 Å². The number of ether oxygens (including phenoxy) is 1. The molecule has 6 heteroatoms. The highest BCUT2D eigenvalue weighted by Gasteiger charge is 2.30. The van der Waals surface area contributed by atoms with E-state index in [9.17, 15) is 0 Å². The molecule has 2 aromatic heterocycles. The molecule has 0 spiro atoms. The molecule has 0 amide bonds. The van der Waals surface area contributed by atoms with Crippen LogP contribution in [0.15, 0.2) is 21.1 Å². The minimum Gasteiger partial charge on any atom is -0.455 e. The Hall–Kier alpha value is -1.66. The predicted octanol–water partition coefficient (Wildman–Crippen LogP) is 2.06. The minimum absolute atomic E-state index is 0.335. The highest BCUT2D eigenvalue weighted by atomic mass is 16.5. The van der Waals surface area contributed by atoms with Crippen LogP contribution in [-0.2, 0) is 16.9 Å². The van der Waals surface area contributed by atoms with E-state index in [0.29, 0.717) is 29.8 Å². The number of furan rings is 1. The summed E-state index contributed by atoms with van der Waals surface area (Å²) in [6, 6.07) is 3.55. The van der Waals surface area contributed by atoms with Crippen molar-refractivity contribution in [3.8, 4) is 11.7 Å². The summed E-state index contributed by atoms with van der Waals surface area (Å²) in [7, 11) is 1.62. The quantitative estimate of drug-likeness (QED) is 0.875. The molecule has 1 atom stereocenters. The highest BCUT2D eigenvalue weighted by Crippen LogP contribution is 2.28. The summed E-state index contributed by atoms with van der Waals surface area (Å²) in [4.78, 5) is 4.30. The number of nitrogens with zero attached hydrogens (tertiary/aromatic N) is 2. The summed E-state index contributed by atoms with van der Waals surface area (Å²) in [5.74, 6) is 2.04. The number of rotatable bonds is 5. The molecule has 0 radical (unpaired) electrons. The second-order valence-corrected chi connectivity index (χ2v) is 4.18. The minimum atomic E-state index is -0.551.